The van der Waals surface area contributed by atoms with Crippen LogP contribution in [0.25, 0.3) is 0 Å². The Labute approximate surface area is 138 Å². The third-order valence-electron chi connectivity index (χ3n) is 3.77. The summed E-state index contributed by atoms with van der Waals surface area (Å²) in [5.74, 6) is 1.46. The Morgan fingerprint density at radius 2 is 1.70 bits per heavy atom. The largest absolute Gasteiger partial charge is 0.246 e. The Hall–Kier alpha value is -1.73. The van der Waals surface area contributed by atoms with E-state index in [-0.39, 0.29) is 12.6 Å². The molecular weight excluding hydrogens is 312 g/mol. The number of nitrogens with one attached hydrogen (secondary N) is 1. The highest BCUT2D eigenvalue weighted by Crippen LogP contribution is 2.21. The molecule has 0 aliphatic carbocycles. The minimum atomic E-state index is -3.56. The van der Waals surface area contributed by atoms with E-state index in [1.54, 1.807) is 4.68 Å². The summed E-state index contributed by atoms with van der Waals surface area (Å²) in [4.78, 5) is 4.61. The van der Waals surface area contributed by atoms with Gasteiger partial charge in [-0.05, 0) is 52.7 Å². The molecule has 1 heterocycles. The van der Waals surface area contributed by atoms with Crippen LogP contribution in [0.1, 0.15) is 41.3 Å². The molecule has 0 bridgehead atoms. The quantitative estimate of drug-likeness (QED) is 0.909. The Morgan fingerprint density at radius 3 is 2.17 bits per heavy atom. The summed E-state index contributed by atoms with van der Waals surface area (Å²) < 4.78 is 29.7. The maximum atomic E-state index is 12.7. The van der Waals surface area contributed by atoms with Gasteiger partial charge in [0.1, 0.15) is 11.6 Å². The fraction of sp³-hybridized carbons (Fsp3) is 0.500. The summed E-state index contributed by atoms with van der Waals surface area (Å²) >= 11 is 0. The number of hydrogen-bond acceptors (Lipinski definition) is 4. The monoisotopic (exact) mass is 336 g/mol. The van der Waals surface area contributed by atoms with E-state index in [2.05, 4.69) is 14.8 Å². The lowest BCUT2D eigenvalue weighted by molar-refractivity contribution is 0.466. The summed E-state index contributed by atoms with van der Waals surface area (Å²) in [6.07, 6.45) is 0. The van der Waals surface area contributed by atoms with E-state index in [9.17, 15) is 8.42 Å². The standard InChI is InChI=1S/C16H24N4O2S/c1-10-7-11(2)16(12(3)8-10)23(21,22)17-9-13(4)20-15(6)18-14(5)19-20/h7-8,13,17H,9H2,1-6H3/t13-/m0/s1. The molecule has 0 fully saturated rings. The van der Waals surface area contributed by atoms with Crippen molar-refractivity contribution in [3.05, 3.63) is 40.5 Å². The molecule has 0 saturated carbocycles. The van der Waals surface area contributed by atoms with Gasteiger partial charge < -0.3 is 0 Å². The lowest BCUT2D eigenvalue weighted by atomic mass is 10.1. The van der Waals surface area contributed by atoms with E-state index in [4.69, 9.17) is 0 Å². The number of rotatable bonds is 5. The molecule has 126 valence electrons. The van der Waals surface area contributed by atoms with Gasteiger partial charge in [-0.3, -0.25) is 0 Å². The SMILES string of the molecule is Cc1cc(C)c(S(=O)(=O)NC[C@H](C)n2nc(C)nc2C)c(C)c1. The van der Waals surface area contributed by atoms with Gasteiger partial charge in [0.15, 0.2) is 0 Å². The molecule has 1 atom stereocenters. The van der Waals surface area contributed by atoms with Gasteiger partial charge in [0.25, 0.3) is 0 Å². The van der Waals surface area contributed by atoms with Crippen LogP contribution in [0.5, 0.6) is 0 Å². The Balaban J connectivity index is 2.21. The van der Waals surface area contributed by atoms with Gasteiger partial charge in [0.05, 0.1) is 10.9 Å². The van der Waals surface area contributed by atoms with Crippen molar-refractivity contribution in [2.45, 2.75) is 52.5 Å². The first-order valence-corrected chi connectivity index (χ1v) is 9.07. The molecule has 1 aromatic heterocycles. The van der Waals surface area contributed by atoms with Crippen LogP contribution in [-0.4, -0.2) is 29.7 Å². The smallest absolute Gasteiger partial charge is 0.241 e. The van der Waals surface area contributed by atoms with Gasteiger partial charge in [0, 0.05) is 6.54 Å². The molecule has 1 N–H and O–H groups in total. The zero-order valence-electron chi connectivity index (χ0n) is 14.5. The molecule has 0 aliphatic rings. The van der Waals surface area contributed by atoms with E-state index < -0.39 is 10.0 Å². The summed E-state index contributed by atoms with van der Waals surface area (Å²) in [5, 5.41) is 4.30. The van der Waals surface area contributed by atoms with Gasteiger partial charge in [-0.1, -0.05) is 17.7 Å². The first kappa shape index (κ1) is 17.6. The highest BCUT2D eigenvalue weighted by Gasteiger charge is 2.21. The number of sulfonamides is 1. The van der Waals surface area contributed by atoms with E-state index in [0.717, 1.165) is 22.5 Å². The molecule has 0 unspecified atom stereocenters. The number of aromatic nitrogens is 3. The van der Waals surface area contributed by atoms with Gasteiger partial charge in [-0.15, -0.1) is 0 Å². The Kier molecular flexibility index (Phi) is 4.91. The van der Waals surface area contributed by atoms with Crippen LogP contribution in [0, 0.1) is 34.6 Å². The number of aryl methyl sites for hydroxylation is 5. The van der Waals surface area contributed by atoms with Crippen molar-refractivity contribution in [2.75, 3.05) is 6.54 Å². The predicted octanol–water partition coefficient (Wildman–Crippen LogP) is 2.36. The minimum absolute atomic E-state index is 0.114. The van der Waals surface area contributed by atoms with Crippen LogP contribution >= 0.6 is 0 Å². The number of benzene rings is 1. The van der Waals surface area contributed by atoms with Crippen molar-refractivity contribution in [2.24, 2.45) is 0 Å². The van der Waals surface area contributed by atoms with Gasteiger partial charge in [-0.2, -0.15) is 5.10 Å². The Bertz CT molecular complexity index is 802. The molecule has 2 aromatic rings. The van der Waals surface area contributed by atoms with Crippen LogP contribution in [0.3, 0.4) is 0 Å². The highest BCUT2D eigenvalue weighted by molar-refractivity contribution is 7.89. The van der Waals surface area contributed by atoms with Gasteiger partial charge in [0.2, 0.25) is 10.0 Å². The summed E-state index contributed by atoms with van der Waals surface area (Å²) in [5.41, 5.74) is 2.58. The second kappa shape index (κ2) is 6.41. The van der Waals surface area contributed by atoms with E-state index >= 15 is 0 Å². The lowest BCUT2D eigenvalue weighted by Crippen LogP contribution is -2.31. The lowest BCUT2D eigenvalue weighted by Gasteiger charge is -2.17. The topological polar surface area (TPSA) is 76.9 Å². The highest BCUT2D eigenvalue weighted by atomic mass is 32.2. The summed E-state index contributed by atoms with van der Waals surface area (Å²) in [7, 11) is -3.56. The zero-order chi connectivity index (χ0) is 17.4. The molecular formula is C16H24N4O2S. The molecule has 6 nitrogen and oxygen atoms in total. The first-order chi connectivity index (χ1) is 10.6. The van der Waals surface area contributed by atoms with Crippen molar-refractivity contribution < 1.29 is 8.42 Å². The summed E-state index contributed by atoms with van der Waals surface area (Å²) in [6, 6.07) is 3.66. The van der Waals surface area contributed by atoms with E-state index in [1.807, 2.05) is 53.7 Å². The normalized spacial score (nSPS) is 13.3. The molecule has 1 aromatic carbocycles. The van der Waals surface area contributed by atoms with E-state index in [0.29, 0.717) is 10.7 Å². The van der Waals surface area contributed by atoms with Gasteiger partial charge in [-0.25, -0.2) is 22.8 Å². The molecule has 0 saturated heterocycles. The fourth-order valence-corrected chi connectivity index (χ4v) is 4.50. The van der Waals surface area contributed by atoms with Crippen LogP contribution < -0.4 is 4.72 Å². The predicted molar refractivity (Wildman–Crippen MR) is 90.0 cm³/mol. The average Bonchev–Trinajstić information content (AvgIpc) is 2.73. The van der Waals surface area contributed by atoms with E-state index in [1.165, 1.54) is 0 Å². The number of hydrogen-bond donors (Lipinski definition) is 1. The first-order valence-electron chi connectivity index (χ1n) is 7.59. The summed E-state index contributed by atoms with van der Waals surface area (Å²) in [6.45, 7) is 11.5. The minimum Gasteiger partial charge on any atom is -0.246 e. The molecule has 0 radical (unpaired) electrons. The molecule has 23 heavy (non-hydrogen) atoms. The van der Waals surface area contributed by atoms with Crippen LogP contribution in [-0.2, 0) is 10.0 Å². The van der Waals surface area contributed by atoms with Crippen molar-refractivity contribution in [3.63, 3.8) is 0 Å². The van der Waals surface area contributed by atoms with Crippen LogP contribution in [0.15, 0.2) is 17.0 Å². The van der Waals surface area contributed by atoms with Gasteiger partial charge >= 0.3 is 0 Å². The third-order valence-corrected chi connectivity index (χ3v) is 5.50. The molecule has 0 amide bonds. The number of nitrogens with zero attached hydrogens (tertiary/aromatic N) is 3. The zero-order valence-corrected chi connectivity index (χ0v) is 15.3. The van der Waals surface area contributed by atoms with Crippen LogP contribution in [0.4, 0.5) is 0 Å². The molecule has 0 aliphatic heterocycles. The maximum absolute atomic E-state index is 12.7. The fourth-order valence-electron chi connectivity index (χ4n) is 2.93. The van der Waals surface area contributed by atoms with Crippen LogP contribution in [0.2, 0.25) is 0 Å². The Morgan fingerprint density at radius 1 is 1.13 bits per heavy atom. The van der Waals surface area contributed by atoms with Crippen molar-refractivity contribution >= 4 is 10.0 Å². The molecule has 0 spiro atoms. The third kappa shape index (κ3) is 3.79. The van der Waals surface area contributed by atoms with Crippen molar-refractivity contribution in [1.82, 2.24) is 19.5 Å². The maximum Gasteiger partial charge on any atom is 0.241 e. The average molecular weight is 336 g/mol. The van der Waals surface area contributed by atoms with Crippen molar-refractivity contribution in [1.29, 1.82) is 0 Å². The second-order valence-corrected chi connectivity index (χ2v) is 7.78. The molecule has 2 rings (SSSR count). The molecule has 7 heteroatoms. The second-order valence-electron chi connectivity index (χ2n) is 6.08. The van der Waals surface area contributed by atoms with Crippen molar-refractivity contribution in [3.8, 4) is 0 Å².